The van der Waals surface area contributed by atoms with Gasteiger partial charge in [-0.2, -0.15) is 0 Å². The highest BCUT2D eigenvalue weighted by Crippen LogP contribution is 2.44. The Labute approximate surface area is 216 Å². The van der Waals surface area contributed by atoms with Crippen LogP contribution in [-0.2, 0) is 11.2 Å². The molecule has 0 amide bonds. The average Bonchev–Trinajstić information content (AvgIpc) is 2.98. The van der Waals surface area contributed by atoms with Crippen molar-refractivity contribution < 1.29 is 14.3 Å². The fourth-order valence-corrected chi connectivity index (χ4v) is 5.14. The molecule has 0 aliphatic heterocycles. The Morgan fingerprint density at radius 3 is 2.58 bits per heavy atom. The number of aromatic nitrogens is 1. The predicted octanol–water partition coefficient (Wildman–Crippen LogP) is 8.20. The molecular weight excluding hydrogens is 473 g/mol. The number of hydrogen-bond donors (Lipinski definition) is 1. The zero-order valence-corrected chi connectivity index (χ0v) is 21.4. The van der Waals surface area contributed by atoms with Crippen LogP contribution in [0.3, 0.4) is 0 Å². The zero-order chi connectivity index (χ0) is 25.8. The normalized spacial score (nSPS) is 18.3. The topological polar surface area (TPSA) is 50.2 Å². The van der Waals surface area contributed by atoms with Crippen LogP contribution in [-0.4, -0.2) is 16.1 Å². The number of fused-ring (bicyclic) bond motifs is 1. The van der Waals surface area contributed by atoms with Crippen molar-refractivity contribution in [2.75, 3.05) is 0 Å². The van der Waals surface area contributed by atoms with Crippen LogP contribution in [0.5, 0.6) is 0 Å². The molecule has 1 aromatic heterocycles. The predicted molar refractivity (Wildman–Crippen MR) is 146 cm³/mol. The fourth-order valence-electron chi connectivity index (χ4n) is 4.86. The molecule has 1 aliphatic rings. The highest BCUT2D eigenvalue weighted by Gasteiger charge is 2.27. The summed E-state index contributed by atoms with van der Waals surface area (Å²) in [6.07, 6.45) is 10.3. The standard InChI is InChI=1S/C31H29ClFNO2/c1-4-26(27-11-10-25(33)17-29(27)32)31(22-8-5-21(6-9-22)7-12-30(35)36)28-16-24-18-34-14-13-23(24)15-19(2)20(28)3/h5-14,16-20H,4,15H2,1-3H3,(H,35,36)/b12-7+,31-26+/t19-,20?/m1/s1. The van der Waals surface area contributed by atoms with E-state index in [-0.39, 0.29) is 11.7 Å². The van der Waals surface area contributed by atoms with Gasteiger partial charge in [0.25, 0.3) is 0 Å². The third kappa shape index (κ3) is 5.50. The lowest BCUT2D eigenvalue weighted by Crippen LogP contribution is -2.13. The Hall–Kier alpha value is -3.50. The molecular formula is C31H29ClFNO2. The van der Waals surface area contributed by atoms with Crippen molar-refractivity contribution in [1.29, 1.82) is 0 Å². The monoisotopic (exact) mass is 501 g/mol. The van der Waals surface area contributed by atoms with Crippen molar-refractivity contribution in [3.8, 4) is 0 Å². The number of aliphatic carboxylic acids is 1. The summed E-state index contributed by atoms with van der Waals surface area (Å²) in [7, 11) is 0. The van der Waals surface area contributed by atoms with E-state index in [2.05, 4.69) is 37.9 Å². The molecule has 0 fully saturated rings. The summed E-state index contributed by atoms with van der Waals surface area (Å²) in [6, 6.07) is 14.5. The number of carboxylic acid groups (broad SMARTS) is 1. The minimum atomic E-state index is -0.988. The minimum Gasteiger partial charge on any atom is -0.478 e. The Morgan fingerprint density at radius 2 is 1.92 bits per heavy atom. The van der Waals surface area contributed by atoms with Gasteiger partial charge in [0.1, 0.15) is 5.82 Å². The highest BCUT2D eigenvalue weighted by atomic mass is 35.5. The molecule has 4 rings (SSSR count). The first-order valence-electron chi connectivity index (χ1n) is 12.1. The summed E-state index contributed by atoms with van der Waals surface area (Å²) < 4.78 is 13.9. The van der Waals surface area contributed by atoms with Crippen molar-refractivity contribution in [3.05, 3.63) is 111 Å². The summed E-state index contributed by atoms with van der Waals surface area (Å²) >= 11 is 6.58. The Kier molecular flexibility index (Phi) is 7.85. The van der Waals surface area contributed by atoms with Crippen LogP contribution in [0.15, 0.2) is 72.6 Å². The van der Waals surface area contributed by atoms with Crippen molar-refractivity contribution in [3.63, 3.8) is 0 Å². The van der Waals surface area contributed by atoms with Gasteiger partial charge >= 0.3 is 5.97 Å². The molecule has 3 nitrogen and oxygen atoms in total. The largest absolute Gasteiger partial charge is 0.478 e. The van der Waals surface area contributed by atoms with E-state index in [9.17, 15) is 9.18 Å². The summed E-state index contributed by atoms with van der Waals surface area (Å²) in [6.45, 7) is 6.60. The van der Waals surface area contributed by atoms with E-state index in [1.54, 1.807) is 12.1 Å². The second kappa shape index (κ2) is 11.0. The second-order valence-electron chi connectivity index (χ2n) is 9.27. The maximum absolute atomic E-state index is 13.9. The molecule has 0 saturated carbocycles. The third-order valence-corrected chi connectivity index (χ3v) is 7.27. The van der Waals surface area contributed by atoms with Gasteiger partial charge in [0.2, 0.25) is 0 Å². The van der Waals surface area contributed by atoms with Gasteiger partial charge in [-0.15, -0.1) is 0 Å². The van der Waals surface area contributed by atoms with E-state index in [0.717, 1.165) is 45.9 Å². The maximum atomic E-state index is 13.9. The second-order valence-corrected chi connectivity index (χ2v) is 9.68. The van der Waals surface area contributed by atoms with Crippen LogP contribution < -0.4 is 0 Å². The van der Waals surface area contributed by atoms with E-state index in [4.69, 9.17) is 16.7 Å². The van der Waals surface area contributed by atoms with Crippen molar-refractivity contribution in [2.45, 2.75) is 33.6 Å². The smallest absolute Gasteiger partial charge is 0.328 e. The van der Waals surface area contributed by atoms with Gasteiger partial charge in [0.15, 0.2) is 0 Å². The maximum Gasteiger partial charge on any atom is 0.328 e. The number of allylic oxidation sites excluding steroid dienone is 3. The molecule has 0 radical (unpaired) electrons. The molecule has 2 atom stereocenters. The van der Waals surface area contributed by atoms with Gasteiger partial charge in [-0.05, 0) is 99.6 Å². The van der Waals surface area contributed by atoms with Gasteiger partial charge < -0.3 is 5.11 Å². The average molecular weight is 502 g/mol. The first-order chi connectivity index (χ1) is 17.3. The van der Waals surface area contributed by atoms with Crippen LogP contribution in [0.1, 0.15) is 55.0 Å². The number of halogens is 2. The summed E-state index contributed by atoms with van der Waals surface area (Å²) in [4.78, 5) is 15.3. The molecule has 36 heavy (non-hydrogen) atoms. The van der Waals surface area contributed by atoms with Crippen LogP contribution in [0.2, 0.25) is 5.02 Å². The van der Waals surface area contributed by atoms with Crippen LogP contribution in [0.25, 0.3) is 23.3 Å². The number of carboxylic acids is 1. The van der Waals surface area contributed by atoms with Gasteiger partial charge in [-0.1, -0.05) is 62.7 Å². The van der Waals surface area contributed by atoms with Crippen LogP contribution in [0, 0.1) is 17.7 Å². The summed E-state index contributed by atoms with van der Waals surface area (Å²) in [5.74, 6) is -0.738. The van der Waals surface area contributed by atoms with Gasteiger partial charge in [-0.3, -0.25) is 4.98 Å². The summed E-state index contributed by atoms with van der Waals surface area (Å²) in [5.41, 5.74) is 8.25. The lowest BCUT2D eigenvalue weighted by molar-refractivity contribution is -0.131. The first-order valence-corrected chi connectivity index (χ1v) is 12.5. The molecule has 1 heterocycles. The number of rotatable bonds is 6. The van der Waals surface area contributed by atoms with E-state index in [0.29, 0.717) is 17.4 Å². The minimum absolute atomic E-state index is 0.236. The van der Waals surface area contributed by atoms with E-state index in [1.807, 2.05) is 36.7 Å². The Morgan fingerprint density at radius 1 is 1.17 bits per heavy atom. The van der Waals surface area contributed by atoms with E-state index < -0.39 is 5.97 Å². The Bertz CT molecular complexity index is 1370. The van der Waals surface area contributed by atoms with Crippen molar-refractivity contribution >= 4 is 40.9 Å². The van der Waals surface area contributed by atoms with Gasteiger partial charge in [0.05, 0.1) is 5.02 Å². The molecule has 184 valence electrons. The lowest BCUT2D eigenvalue weighted by Gasteiger charge is -2.26. The summed E-state index contributed by atoms with van der Waals surface area (Å²) in [5, 5.41) is 9.36. The quantitative estimate of drug-likeness (QED) is 0.273. The molecule has 1 unspecified atom stereocenters. The molecule has 2 aromatic carbocycles. The number of nitrogens with zero attached hydrogens (tertiary/aromatic N) is 1. The molecule has 1 N–H and O–H groups in total. The van der Waals surface area contributed by atoms with E-state index in [1.165, 1.54) is 23.3 Å². The number of pyridine rings is 1. The van der Waals surface area contributed by atoms with Crippen LogP contribution >= 0.6 is 11.6 Å². The zero-order valence-electron chi connectivity index (χ0n) is 20.6. The molecule has 0 spiro atoms. The number of carbonyl (C=O) groups is 1. The third-order valence-electron chi connectivity index (χ3n) is 6.96. The Balaban J connectivity index is 1.99. The lowest BCUT2D eigenvalue weighted by atomic mass is 9.78. The van der Waals surface area contributed by atoms with Gasteiger partial charge in [0, 0.05) is 18.5 Å². The molecule has 3 aromatic rings. The SMILES string of the molecule is CC/C(=C(\C1=Cc2cnccc2C[C@@H](C)C1C)c1ccc(/C=C/C(=O)O)cc1)c1ccc(F)cc1Cl. The molecule has 5 heteroatoms. The fraction of sp³-hybridized carbons (Fsp3) is 0.226. The first kappa shape index (κ1) is 25.6. The molecule has 0 bridgehead atoms. The highest BCUT2D eigenvalue weighted by molar-refractivity contribution is 6.32. The van der Waals surface area contributed by atoms with Gasteiger partial charge in [-0.25, -0.2) is 9.18 Å². The van der Waals surface area contributed by atoms with E-state index >= 15 is 0 Å². The number of benzene rings is 2. The van der Waals surface area contributed by atoms with Crippen molar-refractivity contribution in [1.82, 2.24) is 4.98 Å². The number of hydrogen-bond acceptors (Lipinski definition) is 2. The molecule has 1 aliphatic carbocycles. The molecule has 0 saturated heterocycles. The van der Waals surface area contributed by atoms with Crippen LogP contribution in [0.4, 0.5) is 4.39 Å². The van der Waals surface area contributed by atoms with Crippen molar-refractivity contribution in [2.24, 2.45) is 11.8 Å².